The highest BCUT2D eigenvalue weighted by molar-refractivity contribution is 6.87. The zero-order valence-corrected chi connectivity index (χ0v) is 12.6. The smallest absolute Gasteiger partial charge is 0.0902 e. The minimum atomic E-state index is -1.43. The molecule has 2 aromatic carbocycles. The van der Waals surface area contributed by atoms with Gasteiger partial charge < -0.3 is 0 Å². The lowest BCUT2D eigenvalue weighted by molar-refractivity contribution is 1.65. The number of benzene rings is 2. The molecule has 0 nitrogen and oxygen atoms in total. The Hall–Kier alpha value is -1.86. The topological polar surface area (TPSA) is 0 Å². The summed E-state index contributed by atoms with van der Waals surface area (Å²) in [5.41, 5.74) is 7.30. The van der Waals surface area contributed by atoms with Gasteiger partial charge in [0, 0.05) is 0 Å². The van der Waals surface area contributed by atoms with E-state index in [0.29, 0.717) is 0 Å². The zero-order chi connectivity index (χ0) is 13.6. The average Bonchev–Trinajstić information content (AvgIpc) is 2.46. The molecule has 0 radical (unpaired) electrons. The monoisotopic (exact) mass is 264 g/mol. The molecule has 0 unspecified atom stereocenters. The largest absolute Gasteiger partial charge is 0.0954 e. The van der Waals surface area contributed by atoms with Crippen molar-refractivity contribution in [3.05, 3.63) is 83.2 Å². The van der Waals surface area contributed by atoms with Crippen molar-refractivity contribution in [2.24, 2.45) is 0 Å². The third-order valence-corrected chi connectivity index (χ3v) is 5.06. The minimum Gasteiger partial charge on any atom is -0.0902 e. The summed E-state index contributed by atoms with van der Waals surface area (Å²) in [4.78, 5) is 0. The van der Waals surface area contributed by atoms with Gasteiger partial charge in [-0.3, -0.25) is 0 Å². The van der Waals surface area contributed by atoms with E-state index in [1.165, 1.54) is 11.1 Å². The Kier molecular flexibility index (Phi) is 4.53. The van der Waals surface area contributed by atoms with Crippen LogP contribution in [0.25, 0.3) is 12.2 Å². The van der Waals surface area contributed by atoms with Gasteiger partial charge in [0.1, 0.15) is 0 Å². The van der Waals surface area contributed by atoms with Crippen molar-refractivity contribution < 1.29 is 0 Å². The maximum Gasteiger partial charge on any atom is 0.0954 e. The fourth-order valence-electron chi connectivity index (χ4n) is 1.81. The van der Waals surface area contributed by atoms with Crippen LogP contribution in [0.3, 0.4) is 0 Å². The third kappa shape index (κ3) is 4.72. The van der Waals surface area contributed by atoms with Gasteiger partial charge in [0.05, 0.1) is 8.07 Å². The molecule has 0 heterocycles. The molecule has 1 heteroatoms. The molecule has 0 amide bonds. The third-order valence-electron chi connectivity index (χ3n) is 3.01. The van der Waals surface area contributed by atoms with Crippen LogP contribution in [-0.4, -0.2) is 8.07 Å². The summed E-state index contributed by atoms with van der Waals surface area (Å²) >= 11 is 0. The van der Waals surface area contributed by atoms with Gasteiger partial charge in [-0.2, -0.15) is 0 Å². The molecule has 0 atom stereocenters. The SMILES string of the molecule is C[Si](C)(C=Cc1ccccc1)C=Cc1ccccc1. The highest BCUT2D eigenvalue weighted by Gasteiger charge is 2.11. The number of hydrogen-bond donors (Lipinski definition) is 0. The van der Waals surface area contributed by atoms with Gasteiger partial charge in [0.25, 0.3) is 0 Å². The van der Waals surface area contributed by atoms with Gasteiger partial charge in [0.2, 0.25) is 0 Å². The van der Waals surface area contributed by atoms with Crippen LogP contribution in [0, 0.1) is 0 Å². The minimum absolute atomic E-state index is 1.27. The lowest BCUT2D eigenvalue weighted by atomic mass is 10.2. The molecule has 2 aromatic rings. The van der Waals surface area contributed by atoms with Gasteiger partial charge in [-0.15, -0.1) is 0 Å². The van der Waals surface area contributed by atoms with E-state index in [4.69, 9.17) is 0 Å². The van der Waals surface area contributed by atoms with Crippen LogP contribution in [0.4, 0.5) is 0 Å². The van der Waals surface area contributed by atoms with Crippen molar-refractivity contribution in [2.75, 3.05) is 0 Å². The summed E-state index contributed by atoms with van der Waals surface area (Å²) in [7, 11) is -1.43. The lowest BCUT2D eigenvalue weighted by Gasteiger charge is -2.11. The first-order valence-electron chi connectivity index (χ1n) is 6.64. The van der Waals surface area contributed by atoms with Gasteiger partial charge in [-0.25, -0.2) is 0 Å². The molecule has 0 fully saturated rings. The van der Waals surface area contributed by atoms with E-state index >= 15 is 0 Å². The molecule has 0 aromatic heterocycles. The van der Waals surface area contributed by atoms with Crippen molar-refractivity contribution >= 4 is 20.2 Å². The van der Waals surface area contributed by atoms with Crippen LogP contribution in [0.1, 0.15) is 11.1 Å². The van der Waals surface area contributed by atoms with Crippen LogP contribution in [0.15, 0.2) is 72.1 Å². The van der Waals surface area contributed by atoms with Gasteiger partial charge in [-0.05, 0) is 11.1 Å². The number of hydrogen-bond acceptors (Lipinski definition) is 0. The molecule has 0 aliphatic rings. The van der Waals surface area contributed by atoms with Crippen LogP contribution in [-0.2, 0) is 0 Å². The van der Waals surface area contributed by atoms with Crippen LogP contribution in [0.2, 0.25) is 13.1 Å². The fourth-order valence-corrected chi connectivity index (χ4v) is 3.16. The summed E-state index contributed by atoms with van der Waals surface area (Å²) in [6.45, 7) is 4.71. The quantitative estimate of drug-likeness (QED) is 0.666. The Morgan fingerprint density at radius 1 is 0.632 bits per heavy atom. The molecule has 0 bridgehead atoms. The predicted molar refractivity (Wildman–Crippen MR) is 88.4 cm³/mol. The van der Waals surface area contributed by atoms with Crippen LogP contribution >= 0.6 is 0 Å². The standard InChI is InChI=1S/C18H20Si/c1-19(2,15-13-17-9-5-3-6-10-17)16-14-18-11-7-4-8-12-18/h3-16H,1-2H3. The second-order valence-electron chi connectivity index (χ2n) is 5.31. The van der Waals surface area contributed by atoms with E-state index in [0.717, 1.165) is 0 Å². The Morgan fingerprint density at radius 2 is 1.00 bits per heavy atom. The Balaban J connectivity index is 2.06. The van der Waals surface area contributed by atoms with Crippen LogP contribution in [0.5, 0.6) is 0 Å². The first-order valence-corrected chi connectivity index (χ1v) is 9.80. The first-order chi connectivity index (χ1) is 9.16. The van der Waals surface area contributed by atoms with Gasteiger partial charge in [0.15, 0.2) is 0 Å². The highest BCUT2D eigenvalue weighted by atomic mass is 28.3. The molecule has 96 valence electrons. The second kappa shape index (κ2) is 6.35. The van der Waals surface area contributed by atoms with Crippen molar-refractivity contribution in [1.82, 2.24) is 0 Å². The molecule has 19 heavy (non-hydrogen) atoms. The van der Waals surface area contributed by atoms with Crippen molar-refractivity contribution in [1.29, 1.82) is 0 Å². The van der Waals surface area contributed by atoms with Gasteiger partial charge >= 0.3 is 0 Å². The molecule has 2 rings (SSSR count). The van der Waals surface area contributed by atoms with Crippen LogP contribution < -0.4 is 0 Å². The molecule has 0 N–H and O–H groups in total. The number of rotatable bonds is 4. The molecular weight excluding hydrogens is 244 g/mol. The fraction of sp³-hybridized carbons (Fsp3) is 0.111. The summed E-state index contributed by atoms with van der Waals surface area (Å²) < 4.78 is 0. The maximum absolute atomic E-state index is 2.38. The van der Waals surface area contributed by atoms with Gasteiger partial charge in [-0.1, -0.05) is 97.3 Å². The molecule has 0 saturated heterocycles. The normalized spacial score (nSPS) is 12.3. The summed E-state index contributed by atoms with van der Waals surface area (Å²) in [6.07, 6.45) is 4.48. The molecule has 0 aliphatic heterocycles. The Bertz CT molecular complexity index is 499. The summed E-state index contributed by atoms with van der Waals surface area (Å²) in [5, 5.41) is 0. The molecule has 0 aliphatic carbocycles. The van der Waals surface area contributed by atoms with Crippen molar-refractivity contribution in [3.63, 3.8) is 0 Å². The highest BCUT2D eigenvalue weighted by Crippen LogP contribution is 2.12. The van der Waals surface area contributed by atoms with Crippen molar-refractivity contribution in [3.8, 4) is 0 Å². The summed E-state index contributed by atoms with van der Waals surface area (Å²) in [6, 6.07) is 21.0. The summed E-state index contributed by atoms with van der Waals surface area (Å²) in [5.74, 6) is 0. The molecule has 0 spiro atoms. The van der Waals surface area contributed by atoms with E-state index in [1.807, 2.05) is 0 Å². The first kappa shape index (κ1) is 13.6. The van der Waals surface area contributed by atoms with Crippen molar-refractivity contribution in [2.45, 2.75) is 13.1 Å². The maximum atomic E-state index is 2.38. The van der Waals surface area contributed by atoms with E-state index in [9.17, 15) is 0 Å². The Labute approximate surface area is 117 Å². The lowest BCUT2D eigenvalue weighted by Crippen LogP contribution is -2.18. The van der Waals surface area contributed by atoms with E-state index in [1.54, 1.807) is 0 Å². The van der Waals surface area contributed by atoms with E-state index < -0.39 is 8.07 Å². The molecule has 0 saturated carbocycles. The van der Waals surface area contributed by atoms with E-state index in [-0.39, 0.29) is 0 Å². The average molecular weight is 264 g/mol. The Morgan fingerprint density at radius 3 is 1.37 bits per heavy atom. The van der Waals surface area contributed by atoms with E-state index in [2.05, 4.69) is 97.3 Å². The second-order valence-corrected chi connectivity index (χ2v) is 9.62. The predicted octanol–water partition coefficient (Wildman–Crippen LogP) is 5.20. The zero-order valence-electron chi connectivity index (χ0n) is 11.6. The molecular formula is C18H20Si.